The number of carbonyl (C=O) groups is 4. The molecule has 0 saturated carbocycles. The molecule has 0 aliphatic heterocycles. The molecule has 0 bridgehead atoms. The molecule has 1 aromatic carbocycles. The number of aliphatic carboxylic acids is 3. The van der Waals surface area contributed by atoms with Crippen molar-refractivity contribution in [2.24, 2.45) is 0 Å². The molecule has 9 N–H and O–H groups in total. The lowest BCUT2D eigenvalue weighted by Crippen LogP contribution is -2.38. The molecular formula is C16H23N3O8. The summed E-state index contributed by atoms with van der Waals surface area (Å²) in [6.45, 7) is -0.331. The highest BCUT2D eigenvalue weighted by atomic mass is 16.4. The van der Waals surface area contributed by atoms with Crippen LogP contribution in [0, 0.1) is 0 Å². The Hall–Kier alpha value is -3.18. The third kappa shape index (κ3) is 8.16. The van der Waals surface area contributed by atoms with Gasteiger partial charge in [-0.3, -0.25) is 14.4 Å². The van der Waals surface area contributed by atoms with Crippen LogP contribution in [-0.4, -0.2) is 63.4 Å². The van der Waals surface area contributed by atoms with Crippen molar-refractivity contribution in [3.05, 3.63) is 29.3 Å². The Balaban J connectivity index is 0.00000676. The van der Waals surface area contributed by atoms with Gasteiger partial charge >= 0.3 is 23.9 Å². The van der Waals surface area contributed by atoms with Crippen molar-refractivity contribution in [2.75, 3.05) is 18.4 Å². The molecule has 0 heterocycles. The first-order chi connectivity index (χ1) is 12.2. The maximum atomic E-state index is 11.4. The van der Waals surface area contributed by atoms with Crippen LogP contribution >= 0.6 is 0 Å². The van der Waals surface area contributed by atoms with Gasteiger partial charge in [0.05, 0.1) is 5.56 Å². The predicted octanol–water partition coefficient (Wildman–Crippen LogP) is 0.493. The quantitative estimate of drug-likeness (QED) is 0.263. The lowest BCUT2D eigenvalue weighted by molar-refractivity contribution is -0.141. The van der Waals surface area contributed by atoms with E-state index in [1.165, 1.54) is 18.2 Å². The summed E-state index contributed by atoms with van der Waals surface area (Å²) in [6, 6.07) is 3.28. The lowest BCUT2D eigenvalue weighted by atomic mass is 10.0. The summed E-state index contributed by atoms with van der Waals surface area (Å²) in [5.74, 6) is -4.63. The minimum Gasteiger partial charge on any atom is -0.481 e. The molecule has 0 saturated heterocycles. The van der Waals surface area contributed by atoms with Crippen LogP contribution in [0.4, 0.5) is 5.69 Å². The SMILES string of the molecule is N.O=C(O)CCC(NCCc1c(NCC(=O)O)cccc1C(=O)O)C(=O)O. The summed E-state index contributed by atoms with van der Waals surface area (Å²) in [6.07, 6.45) is -0.322. The van der Waals surface area contributed by atoms with Crippen molar-refractivity contribution >= 4 is 29.6 Å². The first-order valence-corrected chi connectivity index (χ1v) is 7.71. The van der Waals surface area contributed by atoms with Crippen molar-refractivity contribution in [3.63, 3.8) is 0 Å². The Morgan fingerprint density at radius 1 is 1.00 bits per heavy atom. The standard InChI is InChI=1S/C16H20N2O8.H3N/c19-13(20)5-4-12(16(25)26)17-7-6-9-10(15(23)24)2-1-3-11(9)18-8-14(21)22;/h1-3,12,17-18H,4-8H2,(H,19,20)(H,21,22)(H,23,24)(H,25,26);1H3. The second-order valence-corrected chi connectivity index (χ2v) is 5.41. The lowest BCUT2D eigenvalue weighted by Gasteiger charge is -2.16. The summed E-state index contributed by atoms with van der Waals surface area (Å²) < 4.78 is 0. The van der Waals surface area contributed by atoms with Gasteiger partial charge in [0.25, 0.3) is 0 Å². The van der Waals surface area contributed by atoms with Gasteiger partial charge in [-0.1, -0.05) is 6.07 Å². The Bertz CT molecular complexity index is 692. The van der Waals surface area contributed by atoms with E-state index in [-0.39, 0.29) is 37.5 Å². The van der Waals surface area contributed by atoms with Crippen LogP contribution in [0.5, 0.6) is 0 Å². The van der Waals surface area contributed by atoms with E-state index in [1.807, 2.05) is 0 Å². The van der Waals surface area contributed by atoms with Gasteiger partial charge in [-0.25, -0.2) is 4.79 Å². The Morgan fingerprint density at radius 3 is 2.19 bits per heavy atom. The molecule has 11 nitrogen and oxygen atoms in total. The topological polar surface area (TPSA) is 208 Å². The first-order valence-electron chi connectivity index (χ1n) is 7.71. The zero-order valence-corrected chi connectivity index (χ0v) is 14.5. The fourth-order valence-electron chi connectivity index (χ4n) is 2.35. The van der Waals surface area contributed by atoms with Crippen molar-refractivity contribution < 1.29 is 39.6 Å². The normalized spacial score (nSPS) is 11.1. The van der Waals surface area contributed by atoms with Gasteiger partial charge in [0.2, 0.25) is 0 Å². The summed E-state index contributed by atoms with van der Waals surface area (Å²) in [5, 5.41) is 41.1. The second-order valence-electron chi connectivity index (χ2n) is 5.41. The van der Waals surface area contributed by atoms with Gasteiger partial charge in [-0.15, -0.1) is 0 Å². The Labute approximate surface area is 154 Å². The summed E-state index contributed by atoms with van der Waals surface area (Å²) in [4.78, 5) is 43.8. The Morgan fingerprint density at radius 2 is 1.67 bits per heavy atom. The van der Waals surface area contributed by atoms with Gasteiger partial charge in [-0.2, -0.15) is 0 Å². The smallest absolute Gasteiger partial charge is 0.336 e. The number of aromatic carboxylic acids is 1. The van der Waals surface area contributed by atoms with E-state index in [0.29, 0.717) is 11.3 Å². The minimum absolute atomic E-state index is 0. The van der Waals surface area contributed by atoms with Gasteiger partial charge in [0, 0.05) is 18.7 Å². The van der Waals surface area contributed by atoms with Gasteiger partial charge in [0.1, 0.15) is 12.6 Å². The third-order valence-corrected chi connectivity index (χ3v) is 3.55. The number of benzene rings is 1. The van der Waals surface area contributed by atoms with Crippen LogP contribution in [0.1, 0.15) is 28.8 Å². The molecule has 27 heavy (non-hydrogen) atoms. The molecule has 0 aliphatic rings. The average molecular weight is 385 g/mol. The number of anilines is 1. The molecule has 0 fully saturated rings. The molecule has 0 aromatic heterocycles. The molecule has 1 rings (SSSR count). The van der Waals surface area contributed by atoms with Crippen molar-refractivity contribution in [1.82, 2.24) is 11.5 Å². The fourth-order valence-corrected chi connectivity index (χ4v) is 2.35. The van der Waals surface area contributed by atoms with Crippen molar-refractivity contribution in [1.29, 1.82) is 0 Å². The number of carboxylic acid groups (broad SMARTS) is 4. The van der Waals surface area contributed by atoms with Crippen LogP contribution in [0.2, 0.25) is 0 Å². The number of hydrogen-bond acceptors (Lipinski definition) is 7. The van der Waals surface area contributed by atoms with E-state index in [9.17, 15) is 24.3 Å². The summed E-state index contributed by atoms with van der Waals surface area (Å²) >= 11 is 0. The minimum atomic E-state index is -1.21. The molecule has 1 atom stereocenters. The van der Waals surface area contributed by atoms with Crippen LogP contribution in [0.25, 0.3) is 0 Å². The largest absolute Gasteiger partial charge is 0.481 e. The Kier molecular flexibility index (Phi) is 10.1. The molecule has 0 radical (unpaired) electrons. The van der Waals surface area contributed by atoms with Gasteiger partial charge < -0.3 is 37.2 Å². The molecule has 11 heteroatoms. The number of hydrogen-bond donors (Lipinski definition) is 7. The zero-order chi connectivity index (χ0) is 19.7. The van der Waals surface area contributed by atoms with Crippen molar-refractivity contribution in [2.45, 2.75) is 25.3 Å². The van der Waals surface area contributed by atoms with Gasteiger partial charge in [0.15, 0.2) is 0 Å². The van der Waals surface area contributed by atoms with E-state index < -0.39 is 36.5 Å². The highest BCUT2D eigenvalue weighted by Crippen LogP contribution is 2.21. The number of carboxylic acids is 4. The van der Waals surface area contributed by atoms with E-state index in [2.05, 4.69) is 10.6 Å². The zero-order valence-electron chi connectivity index (χ0n) is 14.5. The maximum Gasteiger partial charge on any atom is 0.336 e. The van der Waals surface area contributed by atoms with E-state index in [0.717, 1.165) is 0 Å². The fraction of sp³-hybridized carbons (Fsp3) is 0.375. The van der Waals surface area contributed by atoms with Crippen molar-refractivity contribution in [3.8, 4) is 0 Å². The predicted molar refractivity (Wildman–Crippen MR) is 94.5 cm³/mol. The van der Waals surface area contributed by atoms with Gasteiger partial charge in [-0.05, 0) is 30.5 Å². The number of nitrogens with one attached hydrogen (secondary N) is 2. The molecule has 1 unspecified atom stereocenters. The van der Waals surface area contributed by atoms with Crippen LogP contribution in [0.3, 0.4) is 0 Å². The van der Waals surface area contributed by atoms with Crippen LogP contribution < -0.4 is 16.8 Å². The van der Waals surface area contributed by atoms with E-state index in [1.54, 1.807) is 0 Å². The van der Waals surface area contributed by atoms with E-state index in [4.69, 9.17) is 15.3 Å². The molecule has 0 aliphatic carbocycles. The molecule has 0 amide bonds. The molecule has 0 spiro atoms. The highest BCUT2D eigenvalue weighted by Gasteiger charge is 2.19. The number of rotatable bonds is 12. The monoisotopic (exact) mass is 385 g/mol. The maximum absolute atomic E-state index is 11.4. The third-order valence-electron chi connectivity index (χ3n) is 3.55. The first kappa shape index (κ1) is 23.8. The summed E-state index contributed by atoms with van der Waals surface area (Å²) in [5.41, 5.74) is 0.627. The second kappa shape index (κ2) is 11.4. The summed E-state index contributed by atoms with van der Waals surface area (Å²) in [7, 11) is 0. The van der Waals surface area contributed by atoms with Crippen LogP contribution in [0.15, 0.2) is 18.2 Å². The highest BCUT2D eigenvalue weighted by molar-refractivity contribution is 5.91. The molecule has 150 valence electrons. The molecular weight excluding hydrogens is 362 g/mol. The average Bonchev–Trinajstić information content (AvgIpc) is 2.55. The van der Waals surface area contributed by atoms with E-state index >= 15 is 0 Å². The van der Waals surface area contributed by atoms with Crippen LogP contribution in [-0.2, 0) is 20.8 Å². The molecule has 1 aromatic rings.